The standard InChI is InChI=1S/C24H31F2N7O2/c1-14-6-8-15(9-7-14)33-13-18(21(31-33)22(25)26)29-24(35)16-12-27-32-11-10-20(30-23(16)32)28-17-4-2-3-5-19(17)34/h10-15,17,19,22,34H,2-9H2,1H3,(H,28,30)(H,29,35)/t14?,15?,17-,19+/m1/s1. The first kappa shape index (κ1) is 23.7. The van der Waals surface area contributed by atoms with Crippen molar-refractivity contribution in [1.29, 1.82) is 0 Å². The molecule has 9 nitrogen and oxygen atoms in total. The fourth-order valence-electron chi connectivity index (χ4n) is 5.13. The van der Waals surface area contributed by atoms with E-state index in [1.165, 1.54) is 16.9 Å². The Morgan fingerprint density at radius 1 is 1.17 bits per heavy atom. The van der Waals surface area contributed by atoms with Crippen LogP contribution in [0.1, 0.15) is 86.8 Å². The molecular formula is C24H31F2N7O2. The van der Waals surface area contributed by atoms with Crippen molar-refractivity contribution in [2.75, 3.05) is 10.6 Å². The highest BCUT2D eigenvalue weighted by Gasteiger charge is 2.27. The van der Waals surface area contributed by atoms with E-state index in [1.54, 1.807) is 16.9 Å². The van der Waals surface area contributed by atoms with E-state index in [9.17, 15) is 18.7 Å². The number of anilines is 2. The number of amides is 1. The largest absolute Gasteiger partial charge is 0.391 e. The Bertz CT molecular complexity index is 1190. The lowest BCUT2D eigenvalue weighted by molar-refractivity contribution is 0.102. The van der Waals surface area contributed by atoms with Gasteiger partial charge in [-0.1, -0.05) is 19.8 Å². The highest BCUT2D eigenvalue weighted by atomic mass is 19.3. The monoisotopic (exact) mass is 487 g/mol. The average molecular weight is 488 g/mol. The molecule has 2 saturated carbocycles. The van der Waals surface area contributed by atoms with E-state index >= 15 is 0 Å². The molecule has 0 aliphatic heterocycles. The van der Waals surface area contributed by atoms with E-state index in [0.717, 1.165) is 51.4 Å². The highest BCUT2D eigenvalue weighted by molar-refractivity contribution is 6.08. The molecule has 0 saturated heterocycles. The van der Waals surface area contributed by atoms with Gasteiger partial charge in [0.2, 0.25) is 0 Å². The first-order chi connectivity index (χ1) is 16.9. The fourth-order valence-corrected chi connectivity index (χ4v) is 5.13. The van der Waals surface area contributed by atoms with E-state index in [-0.39, 0.29) is 23.3 Å². The van der Waals surface area contributed by atoms with Gasteiger partial charge in [-0.05, 0) is 50.5 Å². The van der Waals surface area contributed by atoms with Crippen LogP contribution in [0, 0.1) is 5.92 Å². The zero-order valence-electron chi connectivity index (χ0n) is 19.7. The number of alkyl halides is 2. The number of nitrogens with one attached hydrogen (secondary N) is 2. The molecule has 3 N–H and O–H groups in total. The summed E-state index contributed by atoms with van der Waals surface area (Å²) in [5, 5.41) is 24.4. The molecule has 2 aliphatic rings. The Hall–Kier alpha value is -3.08. The molecule has 1 amide bonds. The fraction of sp³-hybridized carbons (Fsp3) is 0.583. The van der Waals surface area contributed by atoms with Gasteiger partial charge in [0.25, 0.3) is 12.3 Å². The smallest absolute Gasteiger partial charge is 0.284 e. The van der Waals surface area contributed by atoms with Gasteiger partial charge in [-0.3, -0.25) is 9.48 Å². The Kier molecular flexibility index (Phi) is 6.68. The van der Waals surface area contributed by atoms with Crippen LogP contribution in [0.5, 0.6) is 0 Å². The van der Waals surface area contributed by atoms with Crippen molar-refractivity contribution in [3.63, 3.8) is 0 Å². The maximum Gasteiger partial charge on any atom is 0.284 e. The molecule has 0 spiro atoms. The zero-order chi connectivity index (χ0) is 24.5. The third-order valence-corrected chi connectivity index (χ3v) is 7.25. The Morgan fingerprint density at radius 3 is 2.69 bits per heavy atom. The second-order valence-electron chi connectivity index (χ2n) is 9.82. The van der Waals surface area contributed by atoms with Gasteiger partial charge in [0.15, 0.2) is 11.3 Å². The molecule has 3 aromatic heterocycles. The molecule has 0 radical (unpaired) electrons. The number of hydrogen-bond acceptors (Lipinski definition) is 6. The van der Waals surface area contributed by atoms with Gasteiger partial charge in [0, 0.05) is 12.4 Å². The summed E-state index contributed by atoms with van der Waals surface area (Å²) in [6, 6.07) is 1.67. The van der Waals surface area contributed by atoms with Crippen molar-refractivity contribution in [3.05, 3.63) is 35.9 Å². The quantitative estimate of drug-likeness (QED) is 0.470. The van der Waals surface area contributed by atoms with Crippen molar-refractivity contribution >= 4 is 23.1 Å². The number of nitrogens with zero attached hydrogens (tertiary/aromatic N) is 5. The van der Waals surface area contributed by atoms with Crippen LogP contribution in [-0.2, 0) is 0 Å². The normalized spacial score (nSPS) is 25.2. The molecule has 188 valence electrons. The van der Waals surface area contributed by atoms with Gasteiger partial charge >= 0.3 is 0 Å². The van der Waals surface area contributed by atoms with Crippen molar-refractivity contribution in [2.24, 2.45) is 5.92 Å². The summed E-state index contributed by atoms with van der Waals surface area (Å²) in [6.45, 7) is 2.19. The van der Waals surface area contributed by atoms with E-state index in [0.29, 0.717) is 17.4 Å². The van der Waals surface area contributed by atoms with Crippen molar-refractivity contribution < 1.29 is 18.7 Å². The molecular weight excluding hydrogens is 456 g/mol. The van der Waals surface area contributed by atoms with Crippen LogP contribution < -0.4 is 10.6 Å². The average Bonchev–Trinajstić information content (AvgIpc) is 3.45. The van der Waals surface area contributed by atoms with Gasteiger partial charge in [0.05, 0.1) is 30.1 Å². The number of hydrogen-bond donors (Lipinski definition) is 3. The third-order valence-electron chi connectivity index (χ3n) is 7.25. The Morgan fingerprint density at radius 2 is 1.94 bits per heavy atom. The van der Waals surface area contributed by atoms with Crippen LogP contribution >= 0.6 is 0 Å². The number of rotatable bonds is 6. The van der Waals surface area contributed by atoms with Crippen LogP contribution in [0.25, 0.3) is 5.65 Å². The van der Waals surface area contributed by atoms with Crippen molar-refractivity contribution in [3.8, 4) is 0 Å². The summed E-state index contributed by atoms with van der Waals surface area (Å²) in [5.41, 5.74) is 0.0278. The van der Waals surface area contributed by atoms with Gasteiger partial charge in [-0.2, -0.15) is 10.2 Å². The molecule has 2 fully saturated rings. The molecule has 3 heterocycles. The van der Waals surface area contributed by atoms with Crippen molar-refractivity contribution in [1.82, 2.24) is 24.4 Å². The van der Waals surface area contributed by atoms with E-state index in [1.807, 2.05) is 0 Å². The topological polar surface area (TPSA) is 109 Å². The van der Waals surface area contributed by atoms with E-state index in [2.05, 4.69) is 32.7 Å². The molecule has 2 aliphatic carbocycles. The molecule has 0 aromatic carbocycles. The predicted molar refractivity (Wildman–Crippen MR) is 127 cm³/mol. The summed E-state index contributed by atoms with van der Waals surface area (Å²) in [6.07, 6.45) is 8.68. The van der Waals surface area contributed by atoms with Crippen LogP contribution in [-0.4, -0.2) is 47.5 Å². The second-order valence-corrected chi connectivity index (χ2v) is 9.82. The summed E-state index contributed by atoms with van der Waals surface area (Å²) in [5.74, 6) is 0.561. The number of fused-ring (bicyclic) bond motifs is 1. The van der Waals surface area contributed by atoms with E-state index < -0.39 is 24.1 Å². The Balaban J connectivity index is 1.36. The highest BCUT2D eigenvalue weighted by Crippen LogP contribution is 2.34. The summed E-state index contributed by atoms with van der Waals surface area (Å²) < 4.78 is 30.5. The van der Waals surface area contributed by atoms with Crippen LogP contribution in [0.3, 0.4) is 0 Å². The SMILES string of the molecule is CC1CCC(n2cc(NC(=O)c3cnn4ccc(N[C@@H]5CCCC[C@@H]5O)nc34)c(C(F)F)n2)CC1. The lowest BCUT2D eigenvalue weighted by Crippen LogP contribution is -2.36. The predicted octanol–water partition coefficient (Wildman–Crippen LogP) is 4.58. The minimum atomic E-state index is -2.81. The molecule has 2 atom stereocenters. The molecule has 35 heavy (non-hydrogen) atoms. The summed E-state index contributed by atoms with van der Waals surface area (Å²) in [7, 11) is 0. The minimum Gasteiger partial charge on any atom is -0.391 e. The number of halogens is 2. The summed E-state index contributed by atoms with van der Waals surface area (Å²) in [4.78, 5) is 17.6. The molecule has 5 rings (SSSR count). The van der Waals surface area contributed by atoms with Gasteiger partial charge < -0.3 is 15.7 Å². The number of carbonyl (C=O) groups is 1. The molecule has 0 bridgehead atoms. The maximum atomic E-state index is 13.7. The maximum absolute atomic E-state index is 13.7. The molecule has 0 unspecified atom stereocenters. The van der Waals surface area contributed by atoms with Crippen LogP contribution in [0.2, 0.25) is 0 Å². The number of aliphatic hydroxyl groups is 1. The van der Waals surface area contributed by atoms with Crippen LogP contribution in [0.4, 0.5) is 20.3 Å². The van der Waals surface area contributed by atoms with Gasteiger partial charge in [-0.25, -0.2) is 18.3 Å². The zero-order valence-corrected chi connectivity index (χ0v) is 19.7. The third kappa shape index (κ3) is 5.00. The van der Waals surface area contributed by atoms with Gasteiger partial charge in [0.1, 0.15) is 11.4 Å². The van der Waals surface area contributed by atoms with Crippen LogP contribution in [0.15, 0.2) is 24.7 Å². The first-order valence-electron chi connectivity index (χ1n) is 12.4. The minimum absolute atomic E-state index is 0.00239. The Labute approximate surface area is 201 Å². The lowest BCUT2D eigenvalue weighted by atomic mass is 9.87. The second kappa shape index (κ2) is 9.88. The molecule has 11 heteroatoms. The number of aromatic nitrogens is 5. The lowest BCUT2D eigenvalue weighted by Gasteiger charge is -2.28. The molecule has 3 aromatic rings. The number of carbonyl (C=O) groups excluding carboxylic acids is 1. The van der Waals surface area contributed by atoms with E-state index in [4.69, 9.17) is 0 Å². The summed E-state index contributed by atoms with van der Waals surface area (Å²) >= 11 is 0. The first-order valence-corrected chi connectivity index (χ1v) is 12.4. The number of aliphatic hydroxyl groups excluding tert-OH is 1. The van der Waals surface area contributed by atoms with Gasteiger partial charge in [-0.15, -0.1) is 0 Å². The van der Waals surface area contributed by atoms with Crippen molar-refractivity contribution in [2.45, 2.75) is 82.9 Å².